The number of hydrogen-bond donors (Lipinski definition) is 1. The Morgan fingerprint density at radius 1 is 1.50 bits per heavy atom. The molecular formula is C16H20N2O2. The first-order valence-corrected chi connectivity index (χ1v) is 7.13. The van der Waals surface area contributed by atoms with Gasteiger partial charge >= 0.3 is 5.97 Å². The van der Waals surface area contributed by atoms with E-state index in [1.165, 1.54) is 31.9 Å². The van der Waals surface area contributed by atoms with Crippen LogP contribution in [0.5, 0.6) is 5.75 Å². The third kappa shape index (κ3) is 2.43. The maximum atomic E-state index is 11.2. The van der Waals surface area contributed by atoms with Gasteiger partial charge in [0.25, 0.3) is 0 Å². The standard InChI is InChI=1S/C16H20N2O2/c1-11(19)20-15-7-3-6-14-16(15)12(10-17-14)9-13-5-4-8-18(13)2/h3,6-7,10,13,17H,4-5,8-9H2,1-2H3/t13-/m1/s1. The normalized spacial score (nSPS) is 19.6. The first-order valence-electron chi connectivity index (χ1n) is 7.13. The summed E-state index contributed by atoms with van der Waals surface area (Å²) in [6.45, 7) is 2.61. The zero-order chi connectivity index (χ0) is 14.1. The van der Waals surface area contributed by atoms with Gasteiger partial charge in [0.1, 0.15) is 5.75 Å². The van der Waals surface area contributed by atoms with E-state index < -0.39 is 0 Å². The third-order valence-electron chi connectivity index (χ3n) is 4.13. The van der Waals surface area contributed by atoms with Crippen LogP contribution in [0.2, 0.25) is 0 Å². The lowest BCUT2D eigenvalue weighted by atomic mass is 10.0. The number of nitrogens with zero attached hydrogens (tertiary/aromatic N) is 1. The van der Waals surface area contributed by atoms with Crippen LogP contribution in [0.15, 0.2) is 24.4 Å². The van der Waals surface area contributed by atoms with Crippen molar-refractivity contribution >= 4 is 16.9 Å². The molecule has 2 heterocycles. The van der Waals surface area contributed by atoms with Crippen LogP contribution < -0.4 is 4.74 Å². The lowest BCUT2D eigenvalue weighted by molar-refractivity contribution is -0.131. The monoisotopic (exact) mass is 272 g/mol. The second-order valence-electron chi connectivity index (χ2n) is 5.57. The highest BCUT2D eigenvalue weighted by Gasteiger charge is 2.23. The van der Waals surface area contributed by atoms with Crippen molar-refractivity contribution in [2.75, 3.05) is 13.6 Å². The number of carbonyl (C=O) groups excluding carboxylic acids is 1. The fraction of sp³-hybridized carbons (Fsp3) is 0.438. The predicted molar refractivity (Wildman–Crippen MR) is 79.0 cm³/mol. The van der Waals surface area contributed by atoms with Crippen molar-refractivity contribution < 1.29 is 9.53 Å². The van der Waals surface area contributed by atoms with Gasteiger partial charge in [0, 0.05) is 30.1 Å². The molecule has 0 bridgehead atoms. The highest BCUT2D eigenvalue weighted by molar-refractivity contribution is 5.91. The van der Waals surface area contributed by atoms with Gasteiger partial charge in [0.05, 0.1) is 0 Å². The summed E-state index contributed by atoms with van der Waals surface area (Å²) in [5.41, 5.74) is 2.26. The molecule has 1 aromatic carbocycles. The minimum absolute atomic E-state index is 0.275. The van der Waals surface area contributed by atoms with Crippen molar-refractivity contribution in [3.63, 3.8) is 0 Å². The highest BCUT2D eigenvalue weighted by atomic mass is 16.5. The molecular weight excluding hydrogens is 252 g/mol. The van der Waals surface area contributed by atoms with E-state index >= 15 is 0 Å². The molecule has 0 unspecified atom stereocenters. The Morgan fingerprint density at radius 3 is 3.05 bits per heavy atom. The molecule has 4 nitrogen and oxygen atoms in total. The Hall–Kier alpha value is -1.81. The van der Waals surface area contributed by atoms with Crippen LogP contribution in [0.4, 0.5) is 0 Å². The van der Waals surface area contributed by atoms with Gasteiger partial charge in [-0.1, -0.05) is 6.07 Å². The Morgan fingerprint density at radius 2 is 2.35 bits per heavy atom. The van der Waals surface area contributed by atoms with Crippen LogP contribution in [0.3, 0.4) is 0 Å². The Bertz CT molecular complexity index is 632. The van der Waals surface area contributed by atoms with E-state index in [9.17, 15) is 4.79 Å². The molecule has 20 heavy (non-hydrogen) atoms. The number of rotatable bonds is 3. The number of benzene rings is 1. The van der Waals surface area contributed by atoms with Gasteiger partial charge in [0.2, 0.25) is 0 Å². The predicted octanol–water partition coefficient (Wildman–Crippen LogP) is 2.73. The molecule has 1 fully saturated rings. The van der Waals surface area contributed by atoms with Crippen LogP contribution in [-0.4, -0.2) is 35.5 Å². The number of likely N-dealkylation sites (tertiary alicyclic amines) is 1. The number of ether oxygens (including phenoxy) is 1. The van der Waals surface area contributed by atoms with E-state index in [-0.39, 0.29) is 5.97 Å². The number of H-pyrrole nitrogens is 1. The van der Waals surface area contributed by atoms with Gasteiger partial charge in [-0.15, -0.1) is 0 Å². The van der Waals surface area contributed by atoms with E-state index in [0.29, 0.717) is 11.8 Å². The van der Waals surface area contributed by atoms with Gasteiger partial charge < -0.3 is 14.6 Å². The zero-order valence-electron chi connectivity index (χ0n) is 12.0. The van der Waals surface area contributed by atoms with Gasteiger partial charge in [-0.2, -0.15) is 0 Å². The van der Waals surface area contributed by atoms with Crippen molar-refractivity contribution in [2.45, 2.75) is 32.2 Å². The van der Waals surface area contributed by atoms with Crippen molar-refractivity contribution in [1.29, 1.82) is 0 Å². The molecule has 2 aromatic rings. The number of carbonyl (C=O) groups is 1. The van der Waals surface area contributed by atoms with E-state index in [1.807, 2.05) is 24.4 Å². The van der Waals surface area contributed by atoms with Crippen molar-refractivity contribution in [3.05, 3.63) is 30.0 Å². The zero-order valence-corrected chi connectivity index (χ0v) is 12.0. The minimum Gasteiger partial charge on any atom is -0.426 e. The number of fused-ring (bicyclic) bond motifs is 1. The number of aromatic amines is 1. The quantitative estimate of drug-likeness (QED) is 0.690. The SMILES string of the molecule is CC(=O)Oc1cccc2[nH]cc(C[C@H]3CCCN3C)c12. The first kappa shape index (κ1) is 13.2. The van der Waals surface area contributed by atoms with Crippen molar-refractivity contribution in [1.82, 2.24) is 9.88 Å². The van der Waals surface area contributed by atoms with E-state index in [4.69, 9.17) is 4.74 Å². The smallest absolute Gasteiger partial charge is 0.308 e. The lowest BCUT2D eigenvalue weighted by Gasteiger charge is -2.19. The molecule has 0 radical (unpaired) electrons. The highest BCUT2D eigenvalue weighted by Crippen LogP contribution is 2.31. The minimum atomic E-state index is -0.275. The summed E-state index contributed by atoms with van der Waals surface area (Å²) in [5.74, 6) is 0.384. The molecule has 1 N–H and O–H groups in total. The summed E-state index contributed by atoms with van der Waals surface area (Å²) in [6.07, 6.45) is 5.54. The Labute approximate surface area is 118 Å². The van der Waals surface area contributed by atoms with E-state index in [1.54, 1.807) is 0 Å². The molecule has 4 heteroatoms. The number of nitrogens with one attached hydrogen (secondary N) is 1. The second kappa shape index (κ2) is 5.29. The first-order chi connectivity index (χ1) is 9.65. The largest absolute Gasteiger partial charge is 0.426 e. The Kier molecular flexibility index (Phi) is 3.49. The van der Waals surface area contributed by atoms with Gasteiger partial charge in [0.15, 0.2) is 0 Å². The average molecular weight is 272 g/mol. The van der Waals surface area contributed by atoms with Crippen LogP contribution in [0.25, 0.3) is 10.9 Å². The molecule has 1 saturated heterocycles. The van der Waals surface area contributed by atoms with Crippen LogP contribution in [-0.2, 0) is 11.2 Å². The Balaban J connectivity index is 1.96. The van der Waals surface area contributed by atoms with Crippen molar-refractivity contribution in [2.24, 2.45) is 0 Å². The molecule has 1 aromatic heterocycles. The van der Waals surface area contributed by atoms with Gasteiger partial charge in [-0.25, -0.2) is 0 Å². The summed E-state index contributed by atoms with van der Waals surface area (Å²) in [6, 6.07) is 6.37. The molecule has 1 atom stereocenters. The topological polar surface area (TPSA) is 45.3 Å². The maximum absolute atomic E-state index is 11.2. The van der Waals surface area contributed by atoms with Crippen LogP contribution in [0, 0.1) is 0 Å². The maximum Gasteiger partial charge on any atom is 0.308 e. The number of hydrogen-bond acceptors (Lipinski definition) is 3. The van der Waals surface area contributed by atoms with Crippen LogP contribution >= 0.6 is 0 Å². The summed E-state index contributed by atoms with van der Waals surface area (Å²) in [4.78, 5) is 16.9. The molecule has 0 aliphatic carbocycles. The molecule has 1 aliphatic rings. The molecule has 106 valence electrons. The number of esters is 1. The van der Waals surface area contributed by atoms with Gasteiger partial charge in [-0.05, 0) is 50.6 Å². The molecule has 1 aliphatic heterocycles. The summed E-state index contributed by atoms with van der Waals surface area (Å²) in [5, 5.41) is 1.04. The fourth-order valence-electron chi connectivity index (χ4n) is 3.11. The molecule has 0 saturated carbocycles. The summed E-state index contributed by atoms with van der Waals surface area (Å²) < 4.78 is 5.35. The molecule has 0 spiro atoms. The van der Waals surface area contributed by atoms with Crippen LogP contribution in [0.1, 0.15) is 25.3 Å². The fourth-order valence-corrected chi connectivity index (χ4v) is 3.11. The summed E-state index contributed by atoms with van der Waals surface area (Å²) in [7, 11) is 2.18. The average Bonchev–Trinajstić information content (AvgIpc) is 2.98. The lowest BCUT2D eigenvalue weighted by Crippen LogP contribution is -2.26. The van der Waals surface area contributed by atoms with E-state index in [0.717, 1.165) is 17.3 Å². The number of aromatic nitrogens is 1. The van der Waals surface area contributed by atoms with E-state index in [2.05, 4.69) is 16.9 Å². The van der Waals surface area contributed by atoms with Crippen molar-refractivity contribution in [3.8, 4) is 5.75 Å². The second-order valence-corrected chi connectivity index (χ2v) is 5.57. The third-order valence-corrected chi connectivity index (χ3v) is 4.13. The molecule has 0 amide bonds. The number of likely N-dealkylation sites (N-methyl/N-ethyl adjacent to an activating group) is 1. The summed E-state index contributed by atoms with van der Waals surface area (Å²) >= 11 is 0. The molecule has 3 rings (SSSR count). The van der Waals surface area contributed by atoms with Gasteiger partial charge in [-0.3, -0.25) is 4.79 Å².